The molecule has 1 aromatic heterocycles. The Bertz CT molecular complexity index is 653. The molecule has 0 bridgehead atoms. The number of pyridine rings is 1. The van der Waals surface area contributed by atoms with E-state index in [1.165, 1.54) is 120 Å². The number of hydrogen-bond donors (Lipinski definition) is 0. The number of carbonyl (C=O) groups excluding carboxylic acids is 2. The average Bonchev–Trinajstić information content (AvgIpc) is 3.15. The highest BCUT2D eigenvalue weighted by molar-refractivity contribution is 6.12. The van der Waals surface area contributed by atoms with Crippen LogP contribution in [0.3, 0.4) is 0 Å². The average molecular weight is 456 g/mol. The van der Waals surface area contributed by atoms with Crippen molar-refractivity contribution in [1.82, 2.24) is 4.90 Å². The van der Waals surface area contributed by atoms with Crippen LogP contribution in [0.25, 0.3) is 0 Å². The third-order valence-electron chi connectivity index (χ3n) is 6.73. The number of imide groups is 1. The van der Waals surface area contributed by atoms with Gasteiger partial charge < -0.3 is 0 Å². The Hall–Kier alpha value is -1.97. The van der Waals surface area contributed by atoms with Gasteiger partial charge in [-0.25, -0.2) is 4.57 Å². The highest BCUT2D eigenvalue weighted by atomic mass is 16.2. The summed E-state index contributed by atoms with van der Waals surface area (Å²) in [4.78, 5) is 24.3. The molecule has 0 unspecified atom stereocenters. The summed E-state index contributed by atoms with van der Waals surface area (Å²) >= 11 is 0. The lowest BCUT2D eigenvalue weighted by atomic mass is 10.0. The van der Waals surface area contributed by atoms with Gasteiger partial charge in [0.2, 0.25) is 0 Å². The topological polar surface area (TPSA) is 41.3 Å². The molecule has 0 N–H and O–H groups in total. The summed E-state index contributed by atoms with van der Waals surface area (Å²) in [6, 6.07) is 6.29. The third kappa shape index (κ3) is 13.4. The quantitative estimate of drug-likeness (QED) is 0.115. The normalized spacial score (nSPS) is 13.4. The predicted octanol–water partition coefficient (Wildman–Crippen LogP) is 6.92. The summed E-state index contributed by atoms with van der Waals surface area (Å²) in [5.74, 6) is -0.297. The van der Waals surface area contributed by atoms with E-state index in [9.17, 15) is 9.59 Å². The summed E-state index contributed by atoms with van der Waals surface area (Å²) in [6.07, 6.45) is 31.0. The second-order valence-electron chi connectivity index (χ2n) is 9.64. The first-order valence-corrected chi connectivity index (χ1v) is 13.7. The van der Waals surface area contributed by atoms with Crippen molar-refractivity contribution >= 4 is 11.8 Å². The number of unbranched alkanes of at least 4 members (excludes halogenated alkanes) is 17. The van der Waals surface area contributed by atoms with E-state index in [1.807, 2.05) is 0 Å². The third-order valence-corrected chi connectivity index (χ3v) is 6.73. The fraction of sp³-hybridized carbons (Fsp3) is 0.690. The fourth-order valence-corrected chi connectivity index (χ4v) is 4.63. The Kier molecular flexibility index (Phi) is 15.3. The van der Waals surface area contributed by atoms with Crippen LogP contribution in [0.2, 0.25) is 0 Å². The van der Waals surface area contributed by atoms with Gasteiger partial charge in [0.15, 0.2) is 12.4 Å². The molecule has 0 spiro atoms. The molecule has 0 aromatic carbocycles. The molecule has 0 fully saturated rings. The van der Waals surface area contributed by atoms with Crippen molar-refractivity contribution in [3.8, 4) is 0 Å². The number of rotatable bonds is 21. The summed E-state index contributed by atoms with van der Waals surface area (Å²) in [6.45, 7) is 1.74. The summed E-state index contributed by atoms with van der Waals surface area (Å²) in [7, 11) is 0. The maximum atomic E-state index is 11.5. The second kappa shape index (κ2) is 18.5. The predicted molar refractivity (Wildman–Crippen MR) is 136 cm³/mol. The molecule has 4 heteroatoms. The minimum absolute atomic E-state index is 0.149. The number of aromatic nitrogens is 1. The molecule has 184 valence electrons. The van der Waals surface area contributed by atoms with Gasteiger partial charge in [0.25, 0.3) is 11.8 Å². The molecule has 0 radical (unpaired) electrons. The van der Waals surface area contributed by atoms with Crippen LogP contribution in [0, 0.1) is 0 Å². The Balaban J connectivity index is 1.21. The van der Waals surface area contributed by atoms with Gasteiger partial charge in [-0.05, 0) is 12.8 Å². The van der Waals surface area contributed by atoms with Gasteiger partial charge >= 0.3 is 0 Å². The van der Waals surface area contributed by atoms with Crippen LogP contribution in [0.5, 0.6) is 0 Å². The van der Waals surface area contributed by atoms with E-state index in [0.717, 1.165) is 19.4 Å². The first-order chi connectivity index (χ1) is 16.3. The Morgan fingerprint density at radius 1 is 0.485 bits per heavy atom. The van der Waals surface area contributed by atoms with Gasteiger partial charge in [0.05, 0.1) is 0 Å². The van der Waals surface area contributed by atoms with Crippen LogP contribution < -0.4 is 4.57 Å². The number of nitrogens with zero attached hydrogens (tertiary/aromatic N) is 2. The highest BCUT2D eigenvalue weighted by Gasteiger charge is 2.21. The summed E-state index contributed by atoms with van der Waals surface area (Å²) < 4.78 is 2.28. The van der Waals surface area contributed by atoms with Crippen molar-refractivity contribution < 1.29 is 14.2 Å². The smallest absolute Gasteiger partial charge is 0.253 e. The van der Waals surface area contributed by atoms with E-state index in [1.54, 1.807) is 0 Å². The molecule has 1 aliphatic heterocycles. The zero-order chi connectivity index (χ0) is 23.4. The molecule has 33 heavy (non-hydrogen) atoms. The minimum atomic E-state index is -0.149. The van der Waals surface area contributed by atoms with Crippen LogP contribution >= 0.6 is 0 Å². The van der Waals surface area contributed by atoms with Crippen molar-refractivity contribution in [3.05, 3.63) is 42.7 Å². The molecule has 1 aliphatic rings. The Labute approximate surface area is 202 Å². The number of amides is 2. The largest absolute Gasteiger partial charge is 0.275 e. The van der Waals surface area contributed by atoms with Crippen molar-refractivity contribution in [1.29, 1.82) is 0 Å². The Morgan fingerprint density at radius 2 is 0.848 bits per heavy atom. The van der Waals surface area contributed by atoms with Crippen molar-refractivity contribution in [2.45, 2.75) is 122 Å². The first-order valence-electron chi connectivity index (χ1n) is 13.7. The minimum Gasteiger partial charge on any atom is -0.275 e. The summed E-state index contributed by atoms with van der Waals surface area (Å²) in [5.41, 5.74) is 0. The SMILES string of the molecule is O=C1C=CC(=O)N1CCCCCCCCCCCCCCCCCCCC[n+]1ccccc1. The lowest BCUT2D eigenvalue weighted by Gasteiger charge is -2.12. The van der Waals surface area contributed by atoms with Gasteiger partial charge in [-0.2, -0.15) is 0 Å². The van der Waals surface area contributed by atoms with Gasteiger partial charge in [-0.1, -0.05) is 102 Å². The monoisotopic (exact) mass is 455 g/mol. The van der Waals surface area contributed by atoms with Crippen molar-refractivity contribution in [2.24, 2.45) is 0 Å². The molecular weight excluding hydrogens is 408 g/mol. The van der Waals surface area contributed by atoms with Crippen molar-refractivity contribution in [2.75, 3.05) is 6.54 Å². The van der Waals surface area contributed by atoms with Crippen LogP contribution in [0.1, 0.15) is 116 Å². The lowest BCUT2D eigenvalue weighted by molar-refractivity contribution is -0.697. The van der Waals surface area contributed by atoms with Crippen LogP contribution in [-0.4, -0.2) is 23.3 Å². The van der Waals surface area contributed by atoms with Gasteiger partial charge in [-0.3, -0.25) is 14.5 Å². The maximum Gasteiger partial charge on any atom is 0.253 e. The molecule has 0 saturated heterocycles. The molecular formula is C29H47N2O2+. The molecule has 2 heterocycles. The number of aryl methyl sites for hydroxylation is 1. The van der Waals surface area contributed by atoms with Crippen molar-refractivity contribution in [3.63, 3.8) is 0 Å². The highest BCUT2D eigenvalue weighted by Crippen LogP contribution is 2.15. The zero-order valence-electron chi connectivity index (χ0n) is 20.9. The van der Waals surface area contributed by atoms with E-state index in [2.05, 4.69) is 35.2 Å². The van der Waals surface area contributed by atoms with Gasteiger partial charge in [0, 0.05) is 37.3 Å². The van der Waals surface area contributed by atoms with E-state index < -0.39 is 0 Å². The van der Waals surface area contributed by atoms with Crippen LogP contribution in [0.4, 0.5) is 0 Å². The first kappa shape index (κ1) is 27.3. The van der Waals surface area contributed by atoms with E-state index >= 15 is 0 Å². The van der Waals surface area contributed by atoms with Gasteiger partial charge in [0.1, 0.15) is 6.54 Å². The van der Waals surface area contributed by atoms with Crippen LogP contribution in [0.15, 0.2) is 42.7 Å². The number of carbonyl (C=O) groups is 2. The van der Waals surface area contributed by atoms with E-state index in [-0.39, 0.29) is 11.8 Å². The molecule has 0 aliphatic carbocycles. The van der Waals surface area contributed by atoms with E-state index in [0.29, 0.717) is 6.54 Å². The molecule has 2 rings (SSSR count). The second-order valence-corrected chi connectivity index (χ2v) is 9.64. The fourth-order valence-electron chi connectivity index (χ4n) is 4.63. The summed E-state index contributed by atoms with van der Waals surface area (Å²) in [5, 5.41) is 0. The maximum absolute atomic E-state index is 11.5. The standard InChI is InChI=1S/C29H47N2O2/c32-28-22-23-29(33)31(28)27-21-16-14-12-10-8-6-4-2-1-3-5-7-9-11-13-15-18-24-30-25-19-17-20-26-30/h17,19-20,22-23,25-26H,1-16,18,21,24,27H2/q+1. The molecule has 4 nitrogen and oxygen atoms in total. The van der Waals surface area contributed by atoms with Crippen LogP contribution in [-0.2, 0) is 16.1 Å². The molecule has 0 saturated carbocycles. The van der Waals surface area contributed by atoms with E-state index in [4.69, 9.17) is 0 Å². The number of hydrogen-bond acceptors (Lipinski definition) is 2. The lowest BCUT2D eigenvalue weighted by Crippen LogP contribution is -2.32. The molecule has 0 atom stereocenters. The molecule has 2 amide bonds. The Morgan fingerprint density at radius 3 is 1.27 bits per heavy atom. The zero-order valence-corrected chi connectivity index (χ0v) is 20.9. The van der Waals surface area contributed by atoms with Gasteiger partial charge in [-0.15, -0.1) is 0 Å². The molecule has 1 aromatic rings.